The Bertz CT molecular complexity index is 671. The highest BCUT2D eigenvalue weighted by atomic mass is 32.2. The lowest BCUT2D eigenvalue weighted by Crippen LogP contribution is -2.30. The lowest BCUT2D eigenvalue weighted by Gasteiger charge is -2.08. The predicted molar refractivity (Wildman–Crippen MR) is 88.5 cm³/mol. The monoisotopic (exact) mass is 335 g/mol. The summed E-state index contributed by atoms with van der Waals surface area (Å²) < 4.78 is 1.86. The van der Waals surface area contributed by atoms with E-state index in [0.29, 0.717) is 18.8 Å². The van der Waals surface area contributed by atoms with Crippen molar-refractivity contribution in [2.75, 3.05) is 24.2 Å². The van der Waals surface area contributed by atoms with Gasteiger partial charge in [-0.1, -0.05) is 11.8 Å². The van der Waals surface area contributed by atoms with Crippen LogP contribution in [0.4, 0.5) is 11.4 Å². The van der Waals surface area contributed by atoms with E-state index in [1.54, 1.807) is 18.3 Å². The average molecular weight is 335 g/mol. The summed E-state index contributed by atoms with van der Waals surface area (Å²) in [6, 6.07) is 6.14. The second-order valence-electron chi connectivity index (χ2n) is 4.69. The van der Waals surface area contributed by atoms with Crippen molar-refractivity contribution in [2.24, 2.45) is 7.05 Å². The molecule has 0 fully saturated rings. The summed E-state index contributed by atoms with van der Waals surface area (Å²) in [6.45, 7) is 1.01. The number of anilines is 1. The smallest absolute Gasteiger partial charge is 0.269 e. The zero-order valence-corrected chi connectivity index (χ0v) is 13.4. The number of carbonyl (C=O) groups is 1. The van der Waals surface area contributed by atoms with E-state index in [9.17, 15) is 14.9 Å². The van der Waals surface area contributed by atoms with Crippen molar-refractivity contribution < 1.29 is 9.72 Å². The maximum absolute atomic E-state index is 11.7. The number of hydrogen-bond acceptors (Lipinski definition) is 6. The molecule has 0 saturated heterocycles. The molecule has 0 aliphatic heterocycles. The molecule has 2 rings (SSSR count). The number of nitrogens with one attached hydrogen (secondary N) is 2. The quantitative estimate of drug-likeness (QED) is 0.329. The zero-order chi connectivity index (χ0) is 16.7. The van der Waals surface area contributed by atoms with Gasteiger partial charge in [-0.25, -0.2) is 4.98 Å². The average Bonchev–Trinajstić information content (AvgIpc) is 2.95. The molecule has 2 aromatic rings. The van der Waals surface area contributed by atoms with Gasteiger partial charge < -0.3 is 15.2 Å². The molecule has 1 heterocycles. The first-order chi connectivity index (χ1) is 11.1. The van der Waals surface area contributed by atoms with E-state index in [1.165, 1.54) is 23.9 Å². The second-order valence-corrected chi connectivity index (χ2v) is 5.63. The number of benzene rings is 1. The summed E-state index contributed by atoms with van der Waals surface area (Å²) in [5.41, 5.74) is 0.822. The molecule has 0 bridgehead atoms. The van der Waals surface area contributed by atoms with Crippen LogP contribution in [-0.2, 0) is 11.8 Å². The highest BCUT2D eigenvalue weighted by Gasteiger charge is 2.06. The third-order valence-corrected chi connectivity index (χ3v) is 4.02. The molecule has 8 nitrogen and oxygen atoms in total. The Morgan fingerprint density at radius 1 is 1.35 bits per heavy atom. The maximum Gasteiger partial charge on any atom is 0.269 e. The second kappa shape index (κ2) is 8.18. The number of nitro groups is 1. The normalized spacial score (nSPS) is 10.3. The number of imidazole rings is 1. The van der Waals surface area contributed by atoms with Crippen LogP contribution in [0.15, 0.2) is 41.8 Å². The number of aryl methyl sites for hydroxylation is 1. The Morgan fingerprint density at radius 3 is 2.70 bits per heavy atom. The topological polar surface area (TPSA) is 102 Å². The van der Waals surface area contributed by atoms with Gasteiger partial charge in [0.05, 0.1) is 10.7 Å². The molecule has 0 saturated carbocycles. The Balaban J connectivity index is 1.64. The van der Waals surface area contributed by atoms with E-state index in [0.717, 1.165) is 10.8 Å². The van der Waals surface area contributed by atoms with E-state index in [2.05, 4.69) is 15.6 Å². The molecule has 1 amide bonds. The standard InChI is InChI=1S/C14H17N5O3S/c1-18-9-8-17-14(18)23-10-13(20)16-7-6-15-11-2-4-12(5-3-11)19(21)22/h2-5,8-9,15H,6-7,10H2,1H3,(H,16,20). The fourth-order valence-electron chi connectivity index (χ4n) is 1.78. The minimum atomic E-state index is -0.441. The molecule has 122 valence electrons. The number of aromatic nitrogens is 2. The van der Waals surface area contributed by atoms with Crippen LogP contribution >= 0.6 is 11.8 Å². The van der Waals surface area contributed by atoms with E-state index in [1.807, 2.05) is 17.8 Å². The van der Waals surface area contributed by atoms with Gasteiger partial charge in [-0.2, -0.15) is 0 Å². The third kappa shape index (κ3) is 5.29. The van der Waals surface area contributed by atoms with Crippen molar-refractivity contribution in [1.82, 2.24) is 14.9 Å². The first-order valence-electron chi connectivity index (χ1n) is 6.91. The lowest BCUT2D eigenvalue weighted by molar-refractivity contribution is -0.384. The lowest BCUT2D eigenvalue weighted by atomic mass is 10.3. The first-order valence-corrected chi connectivity index (χ1v) is 7.90. The van der Waals surface area contributed by atoms with Crippen LogP contribution in [0.25, 0.3) is 0 Å². The van der Waals surface area contributed by atoms with E-state index in [4.69, 9.17) is 0 Å². The van der Waals surface area contributed by atoms with E-state index < -0.39 is 4.92 Å². The molecule has 0 atom stereocenters. The largest absolute Gasteiger partial charge is 0.383 e. The number of rotatable bonds is 8. The van der Waals surface area contributed by atoms with Gasteiger partial charge in [0, 0.05) is 50.4 Å². The van der Waals surface area contributed by atoms with Gasteiger partial charge in [-0.15, -0.1) is 0 Å². The SMILES string of the molecule is Cn1ccnc1SCC(=O)NCCNc1ccc([N+](=O)[O-])cc1. The van der Waals surface area contributed by atoms with Crippen LogP contribution in [0.5, 0.6) is 0 Å². The van der Waals surface area contributed by atoms with E-state index in [-0.39, 0.29) is 11.6 Å². The molecule has 0 aliphatic carbocycles. The number of hydrogen-bond donors (Lipinski definition) is 2. The van der Waals surface area contributed by atoms with Crippen molar-refractivity contribution in [2.45, 2.75) is 5.16 Å². The van der Waals surface area contributed by atoms with Crippen LogP contribution in [0.1, 0.15) is 0 Å². The highest BCUT2D eigenvalue weighted by Crippen LogP contribution is 2.15. The highest BCUT2D eigenvalue weighted by molar-refractivity contribution is 7.99. The Labute approximate surface area is 137 Å². The molecule has 9 heteroatoms. The van der Waals surface area contributed by atoms with Gasteiger partial charge in [0.2, 0.25) is 5.91 Å². The van der Waals surface area contributed by atoms with Gasteiger partial charge in [0.15, 0.2) is 5.16 Å². The van der Waals surface area contributed by atoms with Gasteiger partial charge in [0.25, 0.3) is 5.69 Å². The molecular formula is C14H17N5O3S. The fourth-order valence-corrected chi connectivity index (χ4v) is 2.54. The number of carbonyl (C=O) groups excluding carboxylic acids is 1. The summed E-state index contributed by atoms with van der Waals surface area (Å²) in [5, 5.41) is 17.2. The molecule has 23 heavy (non-hydrogen) atoms. The number of nitrogens with zero attached hydrogens (tertiary/aromatic N) is 3. The molecule has 0 radical (unpaired) electrons. The van der Waals surface area contributed by atoms with Crippen LogP contribution in [0, 0.1) is 10.1 Å². The maximum atomic E-state index is 11.7. The zero-order valence-electron chi connectivity index (χ0n) is 12.6. The van der Waals surface area contributed by atoms with Gasteiger partial charge >= 0.3 is 0 Å². The number of thioether (sulfide) groups is 1. The van der Waals surface area contributed by atoms with Crippen molar-refractivity contribution in [3.63, 3.8) is 0 Å². The summed E-state index contributed by atoms with van der Waals surface area (Å²) >= 11 is 1.38. The van der Waals surface area contributed by atoms with Crippen LogP contribution < -0.4 is 10.6 Å². The van der Waals surface area contributed by atoms with Gasteiger partial charge in [-0.05, 0) is 12.1 Å². The number of non-ortho nitro benzene ring substituents is 1. The first kappa shape index (κ1) is 16.8. The number of nitro benzene ring substituents is 1. The molecule has 1 aromatic heterocycles. The van der Waals surface area contributed by atoms with Crippen LogP contribution in [0.3, 0.4) is 0 Å². The van der Waals surface area contributed by atoms with Crippen LogP contribution in [-0.4, -0.2) is 39.2 Å². The summed E-state index contributed by atoms with van der Waals surface area (Å²) in [7, 11) is 1.88. The minimum Gasteiger partial charge on any atom is -0.383 e. The predicted octanol–water partition coefficient (Wildman–Crippen LogP) is 1.65. The summed E-state index contributed by atoms with van der Waals surface area (Å²) in [5.74, 6) is 0.242. The Kier molecular flexibility index (Phi) is 5.98. The van der Waals surface area contributed by atoms with Gasteiger partial charge in [-0.3, -0.25) is 14.9 Å². The molecule has 2 N–H and O–H groups in total. The van der Waals surface area contributed by atoms with Gasteiger partial charge in [0.1, 0.15) is 0 Å². The Hall–Kier alpha value is -2.55. The molecule has 0 spiro atoms. The van der Waals surface area contributed by atoms with E-state index >= 15 is 0 Å². The van der Waals surface area contributed by atoms with Crippen LogP contribution in [0.2, 0.25) is 0 Å². The molecule has 0 unspecified atom stereocenters. The molecular weight excluding hydrogens is 318 g/mol. The number of amides is 1. The Morgan fingerprint density at radius 2 is 2.09 bits per heavy atom. The fraction of sp³-hybridized carbons (Fsp3) is 0.286. The van der Waals surface area contributed by atoms with Crippen molar-refractivity contribution >= 4 is 29.0 Å². The van der Waals surface area contributed by atoms with Crippen molar-refractivity contribution in [3.05, 3.63) is 46.8 Å². The summed E-state index contributed by atoms with van der Waals surface area (Å²) in [4.78, 5) is 25.9. The molecule has 0 aliphatic rings. The third-order valence-electron chi connectivity index (χ3n) is 2.96. The van der Waals surface area contributed by atoms with Crippen molar-refractivity contribution in [3.8, 4) is 0 Å². The molecule has 1 aromatic carbocycles. The minimum absolute atomic E-state index is 0.0511. The summed E-state index contributed by atoms with van der Waals surface area (Å²) in [6.07, 6.45) is 3.52. The van der Waals surface area contributed by atoms with Crippen molar-refractivity contribution in [1.29, 1.82) is 0 Å².